The molecule has 0 saturated carbocycles. The van der Waals surface area contributed by atoms with Crippen LogP contribution in [0, 0.1) is 13.8 Å². The van der Waals surface area contributed by atoms with Crippen molar-refractivity contribution in [3.05, 3.63) is 55.7 Å². The lowest BCUT2D eigenvalue weighted by atomic mass is 10.1. The predicted octanol–water partition coefficient (Wildman–Crippen LogP) is 3.17. The summed E-state index contributed by atoms with van der Waals surface area (Å²) in [7, 11) is 0. The van der Waals surface area contributed by atoms with Crippen molar-refractivity contribution in [2.75, 3.05) is 6.54 Å². The molecule has 0 saturated heterocycles. The number of thiophene rings is 1. The van der Waals surface area contributed by atoms with Crippen molar-refractivity contribution >= 4 is 39.1 Å². The van der Waals surface area contributed by atoms with Crippen LogP contribution in [-0.4, -0.2) is 18.4 Å². The summed E-state index contributed by atoms with van der Waals surface area (Å²) in [5, 5.41) is 5.42. The third kappa shape index (κ3) is 4.96. The molecule has 1 aromatic heterocycles. The number of carbonyl (C=O) groups is 2. The van der Waals surface area contributed by atoms with Gasteiger partial charge in [-0.25, -0.2) is 0 Å². The Balaban J connectivity index is 1.81. The van der Waals surface area contributed by atoms with Gasteiger partial charge in [0.2, 0.25) is 5.91 Å². The van der Waals surface area contributed by atoms with E-state index in [1.165, 1.54) is 0 Å². The van der Waals surface area contributed by atoms with Crippen molar-refractivity contribution in [1.82, 2.24) is 10.6 Å². The zero-order valence-corrected chi connectivity index (χ0v) is 14.8. The molecule has 2 rings (SSSR count). The van der Waals surface area contributed by atoms with Crippen LogP contribution < -0.4 is 10.6 Å². The largest absolute Gasteiger partial charge is 0.350 e. The van der Waals surface area contributed by atoms with Gasteiger partial charge in [-0.15, -0.1) is 11.3 Å². The number of hydrogen-bond acceptors (Lipinski definition) is 3. The van der Waals surface area contributed by atoms with Crippen molar-refractivity contribution in [3.8, 4) is 0 Å². The summed E-state index contributed by atoms with van der Waals surface area (Å²) in [6.07, 6.45) is 0. The number of aryl methyl sites for hydroxylation is 2. The van der Waals surface area contributed by atoms with Crippen LogP contribution in [0.3, 0.4) is 0 Å². The van der Waals surface area contributed by atoms with Crippen LogP contribution in [-0.2, 0) is 11.3 Å². The van der Waals surface area contributed by atoms with E-state index < -0.39 is 0 Å². The molecule has 2 amide bonds. The Morgan fingerprint density at radius 1 is 1.09 bits per heavy atom. The van der Waals surface area contributed by atoms with Crippen LogP contribution >= 0.6 is 27.3 Å². The van der Waals surface area contributed by atoms with E-state index in [9.17, 15) is 9.59 Å². The molecule has 0 aliphatic carbocycles. The van der Waals surface area contributed by atoms with E-state index in [4.69, 9.17) is 0 Å². The highest BCUT2D eigenvalue weighted by atomic mass is 79.9. The highest BCUT2D eigenvalue weighted by Gasteiger charge is 2.09. The maximum Gasteiger partial charge on any atom is 0.251 e. The molecule has 0 radical (unpaired) electrons. The molecular formula is C16H17BrN2O2S. The van der Waals surface area contributed by atoms with E-state index in [0.717, 1.165) is 19.8 Å². The first kappa shape index (κ1) is 16.7. The van der Waals surface area contributed by atoms with Crippen LogP contribution in [0.5, 0.6) is 0 Å². The van der Waals surface area contributed by atoms with Crippen molar-refractivity contribution in [3.63, 3.8) is 0 Å². The summed E-state index contributed by atoms with van der Waals surface area (Å²) in [6.45, 7) is 4.32. The van der Waals surface area contributed by atoms with Gasteiger partial charge in [0.05, 0.1) is 16.9 Å². The molecule has 2 N–H and O–H groups in total. The molecule has 0 bridgehead atoms. The van der Waals surface area contributed by atoms with Gasteiger partial charge in [0.1, 0.15) is 0 Å². The lowest BCUT2D eigenvalue weighted by Gasteiger charge is -2.07. The Morgan fingerprint density at radius 2 is 1.77 bits per heavy atom. The summed E-state index contributed by atoms with van der Waals surface area (Å²) in [6, 6.07) is 9.51. The normalized spacial score (nSPS) is 10.3. The summed E-state index contributed by atoms with van der Waals surface area (Å²) in [5.74, 6) is -0.442. The van der Waals surface area contributed by atoms with Crippen LogP contribution in [0.15, 0.2) is 34.1 Å². The van der Waals surface area contributed by atoms with Crippen LogP contribution in [0.2, 0.25) is 0 Å². The molecule has 0 aliphatic rings. The number of carbonyl (C=O) groups excluding carboxylic acids is 2. The Kier molecular flexibility index (Phi) is 5.74. The zero-order valence-electron chi connectivity index (χ0n) is 12.4. The average Bonchev–Trinajstić information content (AvgIpc) is 2.87. The van der Waals surface area contributed by atoms with E-state index in [1.54, 1.807) is 11.3 Å². The second-order valence-corrected chi connectivity index (χ2v) is 7.59. The molecule has 0 spiro atoms. The van der Waals surface area contributed by atoms with Crippen molar-refractivity contribution in [2.45, 2.75) is 20.4 Å². The molecule has 0 aliphatic heterocycles. The van der Waals surface area contributed by atoms with Gasteiger partial charge in [-0.1, -0.05) is 17.2 Å². The first-order chi connectivity index (χ1) is 10.4. The molecule has 2 aromatic rings. The minimum Gasteiger partial charge on any atom is -0.350 e. The Bertz CT molecular complexity index is 677. The van der Waals surface area contributed by atoms with E-state index >= 15 is 0 Å². The Labute approximate surface area is 142 Å². The van der Waals surface area contributed by atoms with Gasteiger partial charge in [-0.05, 0) is 54.0 Å². The molecule has 22 heavy (non-hydrogen) atoms. The number of nitrogens with one attached hydrogen (secondary N) is 2. The smallest absolute Gasteiger partial charge is 0.251 e. The van der Waals surface area contributed by atoms with Crippen molar-refractivity contribution in [2.24, 2.45) is 0 Å². The third-order valence-corrected chi connectivity index (χ3v) is 4.61. The standard InChI is InChI=1S/C16H17BrN2O2S/c1-10-5-11(2)7-12(6-10)16(21)19-9-15(20)18-8-13-3-4-14(17)22-13/h3-7H,8-9H2,1-2H3,(H,18,20)(H,19,21). The fourth-order valence-corrected chi connectivity index (χ4v) is 3.49. The monoisotopic (exact) mass is 380 g/mol. The van der Waals surface area contributed by atoms with Gasteiger partial charge in [0.15, 0.2) is 0 Å². The van der Waals surface area contributed by atoms with Gasteiger partial charge in [0, 0.05) is 10.4 Å². The van der Waals surface area contributed by atoms with Gasteiger partial charge in [-0.3, -0.25) is 9.59 Å². The second kappa shape index (κ2) is 7.56. The summed E-state index contributed by atoms with van der Waals surface area (Å²) in [4.78, 5) is 24.9. The maximum absolute atomic E-state index is 12.0. The zero-order chi connectivity index (χ0) is 16.1. The van der Waals surface area contributed by atoms with Gasteiger partial charge in [-0.2, -0.15) is 0 Å². The number of amides is 2. The van der Waals surface area contributed by atoms with Crippen LogP contribution in [0.1, 0.15) is 26.4 Å². The third-order valence-electron chi connectivity index (χ3n) is 2.98. The fourth-order valence-electron chi connectivity index (χ4n) is 2.06. The molecule has 1 aromatic carbocycles. The maximum atomic E-state index is 12.0. The molecule has 4 nitrogen and oxygen atoms in total. The van der Waals surface area contributed by atoms with Gasteiger partial charge >= 0.3 is 0 Å². The first-order valence-electron chi connectivity index (χ1n) is 6.81. The summed E-state index contributed by atoms with van der Waals surface area (Å²) < 4.78 is 1.03. The minimum absolute atomic E-state index is 0.0294. The van der Waals surface area contributed by atoms with Crippen molar-refractivity contribution in [1.29, 1.82) is 0 Å². The molecule has 0 unspecified atom stereocenters. The number of rotatable bonds is 5. The predicted molar refractivity (Wildman–Crippen MR) is 92.1 cm³/mol. The minimum atomic E-state index is -0.235. The molecular weight excluding hydrogens is 364 g/mol. The fraction of sp³-hybridized carbons (Fsp3) is 0.250. The Hall–Kier alpha value is -1.66. The topological polar surface area (TPSA) is 58.2 Å². The van der Waals surface area contributed by atoms with Crippen molar-refractivity contribution < 1.29 is 9.59 Å². The van der Waals surface area contributed by atoms with E-state index in [2.05, 4.69) is 26.6 Å². The molecule has 0 fully saturated rings. The van der Waals surface area contributed by atoms with Crippen LogP contribution in [0.25, 0.3) is 0 Å². The first-order valence-corrected chi connectivity index (χ1v) is 8.42. The summed E-state index contributed by atoms with van der Waals surface area (Å²) in [5.41, 5.74) is 2.63. The van der Waals surface area contributed by atoms with E-state index in [-0.39, 0.29) is 18.4 Å². The quantitative estimate of drug-likeness (QED) is 0.836. The summed E-state index contributed by atoms with van der Waals surface area (Å²) >= 11 is 4.94. The number of hydrogen-bond donors (Lipinski definition) is 2. The lowest BCUT2D eigenvalue weighted by molar-refractivity contribution is -0.120. The number of benzene rings is 1. The van der Waals surface area contributed by atoms with Crippen LogP contribution in [0.4, 0.5) is 0 Å². The van der Waals surface area contributed by atoms with Gasteiger partial charge in [0.25, 0.3) is 5.91 Å². The number of halogens is 1. The van der Waals surface area contributed by atoms with Gasteiger partial charge < -0.3 is 10.6 Å². The second-order valence-electron chi connectivity index (χ2n) is 5.04. The Morgan fingerprint density at radius 3 is 2.36 bits per heavy atom. The highest BCUT2D eigenvalue weighted by molar-refractivity contribution is 9.11. The molecule has 6 heteroatoms. The molecule has 1 heterocycles. The van der Waals surface area contributed by atoms with E-state index in [1.807, 2.05) is 44.2 Å². The lowest BCUT2D eigenvalue weighted by Crippen LogP contribution is -2.36. The SMILES string of the molecule is Cc1cc(C)cc(C(=O)NCC(=O)NCc2ccc(Br)s2)c1. The highest BCUT2D eigenvalue weighted by Crippen LogP contribution is 2.21. The average molecular weight is 381 g/mol. The van der Waals surface area contributed by atoms with E-state index in [0.29, 0.717) is 12.1 Å². The molecule has 116 valence electrons. The molecule has 0 atom stereocenters.